The van der Waals surface area contributed by atoms with Gasteiger partial charge in [-0.25, -0.2) is 0 Å². The third-order valence-electron chi connectivity index (χ3n) is 2.63. The number of benzene rings is 1. The Hall–Kier alpha value is -1.49. The zero-order chi connectivity index (χ0) is 14.4. The van der Waals surface area contributed by atoms with E-state index in [1.54, 1.807) is 21.0 Å². The molecule has 1 aromatic rings. The van der Waals surface area contributed by atoms with Gasteiger partial charge in [-0.1, -0.05) is 26.0 Å². The van der Waals surface area contributed by atoms with Crippen LogP contribution >= 0.6 is 11.8 Å². The van der Waals surface area contributed by atoms with Gasteiger partial charge in [0, 0.05) is 11.7 Å². The lowest BCUT2D eigenvalue weighted by atomic mass is 10.1. The Kier molecular flexibility index (Phi) is 5.89. The maximum atomic E-state index is 11.8. The summed E-state index contributed by atoms with van der Waals surface area (Å²) in [6.45, 7) is 3.43. The van der Waals surface area contributed by atoms with Crippen molar-refractivity contribution < 1.29 is 19.4 Å². The Labute approximate surface area is 117 Å². The first-order valence-corrected chi connectivity index (χ1v) is 7.01. The Balaban J connectivity index is 2.65. The normalized spacial score (nSPS) is 12.2. The van der Waals surface area contributed by atoms with Crippen LogP contribution in [0.3, 0.4) is 0 Å². The van der Waals surface area contributed by atoms with E-state index in [9.17, 15) is 9.59 Å². The van der Waals surface area contributed by atoms with Gasteiger partial charge in [-0.3, -0.25) is 9.59 Å². The molecule has 19 heavy (non-hydrogen) atoms. The van der Waals surface area contributed by atoms with Gasteiger partial charge < -0.3 is 9.84 Å². The summed E-state index contributed by atoms with van der Waals surface area (Å²) in [4.78, 5) is 22.9. The summed E-state index contributed by atoms with van der Waals surface area (Å²) < 4.78 is 5.05. The standard InChI is InChI=1S/C14H18O4S/c1-9(2)12(15)13(14(16)17)19-8-10-4-6-11(18-3)7-5-10/h4-7,9,13H,8H2,1-3H3,(H,16,17). The first kappa shape index (κ1) is 15.6. The number of hydrogen-bond acceptors (Lipinski definition) is 4. The van der Waals surface area contributed by atoms with Crippen LogP contribution in [0.1, 0.15) is 19.4 Å². The third-order valence-corrected chi connectivity index (χ3v) is 3.89. The summed E-state index contributed by atoms with van der Waals surface area (Å²) in [5, 5.41) is 8.09. The zero-order valence-electron chi connectivity index (χ0n) is 11.3. The second kappa shape index (κ2) is 7.19. The summed E-state index contributed by atoms with van der Waals surface area (Å²) >= 11 is 1.14. The van der Waals surface area contributed by atoms with Gasteiger partial charge in [0.1, 0.15) is 5.75 Å². The van der Waals surface area contributed by atoms with E-state index in [0.29, 0.717) is 5.75 Å². The van der Waals surface area contributed by atoms with Crippen molar-refractivity contribution in [2.45, 2.75) is 24.9 Å². The number of thioether (sulfide) groups is 1. The van der Waals surface area contributed by atoms with Crippen molar-refractivity contribution in [3.05, 3.63) is 29.8 Å². The van der Waals surface area contributed by atoms with Crippen LogP contribution in [-0.2, 0) is 15.3 Å². The molecule has 0 bridgehead atoms. The van der Waals surface area contributed by atoms with E-state index in [4.69, 9.17) is 9.84 Å². The second-order valence-corrected chi connectivity index (χ2v) is 5.53. The molecule has 0 saturated heterocycles. The summed E-state index contributed by atoms with van der Waals surface area (Å²) in [5.41, 5.74) is 0.966. The Morgan fingerprint density at radius 2 is 1.84 bits per heavy atom. The van der Waals surface area contributed by atoms with Crippen molar-refractivity contribution in [1.82, 2.24) is 0 Å². The molecule has 0 aromatic heterocycles. The maximum Gasteiger partial charge on any atom is 0.324 e. The average Bonchev–Trinajstić information content (AvgIpc) is 2.39. The largest absolute Gasteiger partial charge is 0.497 e. The molecular weight excluding hydrogens is 264 g/mol. The quantitative estimate of drug-likeness (QED) is 0.779. The Morgan fingerprint density at radius 1 is 1.26 bits per heavy atom. The molecule has 0 aliphatic heterocycles. The number of methoxy groups -OCH3 is 1. The third kappa shape index (κ3) is 4.59. The fourth-order valence-electron chi connectivity index (χ4n) is 1.48. The lowest BCUT2D eigenvalue weighted by Crippen LogP contribution is -2.30. The fourth-order valence-corrected chi connectivity index (χ4v) is 2.61. The highest BCUT2D eigenvalue weighted by atomic mass is 32.2. The number of ketones is 1. The molecule has 0 radical (unpaired) electrons. The number of ether oxygens (including phenoxy) is 1. The van der Waals surface area contributed by atoms with Crippen molar-refractivity contribution in [2.24, 2.45) is 5.92 Å². The van der Waals surface area contributed by atoms with Gasteiger partial charge in [0.2, 0.25) is 0 Å². The molecule has 0 amide bonds. The number of Topliss-reactive ketones (excluding diaryl/α,β-unsaturated/α-hetero) is 1. The van der Waals surface area contributed by atoms with Crippen molar-refractivity contribution in [3.63, 3.8) is 0 Å². The van der Waals surface area contributed by atoms with Crippen LogP contribution in [0, 0.1) is 5.92 Å². The van der Waals surface area contributed by atoms with Gasteiger partial charge in [0.05, 0.1) is 7.11 Å². The van der Waals surface area contributed by atoms with Crippen LogP contribution in [0.5, 0.6) is 5.75 Å². The summed E-state index contributed by atoms with van der Waals surface area (Å²) in [6, 6.07) is 7.36. The van der Waals surface area contributed by atoms with Crippen LogP contribution in [0.4, 0.5) is 0 Å². The molecule has 1 N–H and O–H groups in total. The van der Waals surface area contributed by atoms with E-state index in [2.05, 4.69) is 0 Å². The van der Waals surface area contributed by atoms with Crippen LogP contribution in [0.25, 0.3) is 0 Å². The highest BCUT2D eigenvalue weighted by Crippen LogP contribution is 2.22. The number of carboxylic acids is 1. The van der Waals surface area contributed by atoms with Crippen molar-refractivity contribution in [3.8, 4) is 5.75 Å². The summed E-state index contributed by atoms with van der Waals surface area (Å²) in [6.07, 6.45) is 0. The lowest BCUT2D eigenvalue weighted by Gasteiger charge is -2.13. The summed E-state index contributed by atoms with van der Waals surface area (Å²) in [5.74, 6) is -0.353. The highest BCUT2D eigenvalue weighted by molar-refractivity contribution is 8.00. The van der Waals surface area contributed by atoms with Crippen LogP contribution in [0.15, 0.2) is 24.3 Å². The fraction of sp³-hybridized carbons (Fsp3) is 0.429. The number of aliphatic carboxylic acids is 1. The molecule has 1 unspecified atom stereocenters. The molecule has 0 saturated carbocycles. The average molecular weight is 282 g/mol. The zero-order valence-corrected chi connectivity index (χ0v) is 12.1. The monoisotopic (exact) mass is 282 g/mol. The van der Waals surface area contributed by atoms with E-state index in [1.165, 1.54) is 0 Å². The Morgan fingerprint density at radius 3 is 2.26 bits per heavy atom. The van der Waals surface area contributed by atoms with Crippen molar-refractivity contribution in [2.75, 3.05) is 7.11 Å². The lowest BCUT2D eigenvalue weighted by molar-refractivity contribution is -0.140. The van der Waals surface area contributed by atoms with E-state index in [0.717, 1.165) is 23.1 Å². The number of carbonyl (C=O) groups excluding carboxylic acids is 1. The predicted molar refractivity (Wildman–Crippen MR) is 75.6 cm³/mol. The number of carboxylic acid groups (broad SMARTS) is 1. The minimum atomic E-state index is -1.07. The molecule has 0 fully saturated rings. The summed E-state index contributed by atoms with van der Waals surface area (Å²) in [7, 11) is 1.59. The van der Waals surface area contributed by atoms with Crippen LogP contribution < -0.4 is 4.74 Å². The number of rotatable bonds is 7. The molecule has 1 rings (SSSR count). The SMILES string of the molecule is COc1ccc(CSC(C(=O)O)C(=O)C(C)C)cc1. The molecule has 0 aliphatic rings. The van der Waals surface area contributed by atoms with Gasteiger partial charge in [0.25, 0.3) is 0 Å². The first-order valence-electron chi connectivity index (χ1n) is 5.96. The smallest absolute Gasteiger partial charge is 0.324 e. The van der Waals surface area contributed by atoms with Crippen molar-refractivity contribution in [1.29, 1.82) is 0 Å². The predicted octanol–water partition coefficient (Wildman–Crippen LogP) is 2.61. The van der Waals surface area contributed by atoms with Crippen LogP contribution in [0.2, 0.25) is 0 Å². The Bertz CT molecular complexity index is 439. The van der Waals surface area contributed by atoms with E-state index in [-0.39, 0.29) is 11.7 Å². The van der Waals surface area contributed by atoms with Crippen LogP contribution in [-0.4, -0.2) is 29.2 Å². The molecule has 4 nitrogen and oxygen atoms in total. The molecule has 0 aliphatic carbocycles. The van der Waals surface area contributed by atoms with Gasteiger partial charge in [-0.2, -0.15) is 0 Å². The highest BCUT2D eigenvalue weighted by Gasteiger charge is 2.28. The maximum absolute atomic E-state index is 11.8. The molecule has 0 heterocycles. The van der Waals surface area contributed by atoms with E-state index < -0.39 is 11.2 Å². The second-order valence-electron chi connectivity index (χ2n) is 4.43. The van der Waals surface area contributed by atoms with Gasteiger partial charge >= 0.3 is 5.97 Å². The molecule has 1 atom stereocenters. The number of hydrogen-bond donors (Lipinski definition) is 1. The minimum Gasteiger partial charge on any atom is -0.497 e. The minimum absolute atomic E-state index is 0.244. The number of carbonyl (C=O) groups is 2. The molecule has 5 heteroatoms. The molecule has 0 spiro atoms. The molecule has 1 aromatic carbocycles. The van der Waals surface area contributed by atoms with E-state index >= 15 is 0 Å². The topological polar surface area (TPSA) is 63.6 Å². The van der Waals surface area contributed by atoms with Crippen molar-refractivity contribution >= 4 is 23.5 Å². The van der Waals surface area contributed by atoms with Gasteiger partial charge in [0.15, 0.2) is 11.0 Å². The first-order chi connectivity index (χ1) is 8.95. The van der Waals surface area contributed by atoms with E-state index in [1.807, 2.05) is 24.3 Å². The molecule has 104 valence electrons. The van der Waals surface area contributed by atoms with Gasteiger partial charge in [-0.15, -0.1) is 11.8 Å². The molecular formula is C14H18O4S. The van der Waals surface area contributed by atoms with Gasteiger partial charge in [-0.05, 0) is 17.7 Å².